The summed E-state index contributed by atoms with van der Waals surface area (Å²) in [7, 11) is 0. The fourth-order valence-corrected chi connectivity index (χ4v) is 2.86. The molecule has 1 atom stereocenters. The molecule has 2 heterocycles. The number of nitrogens with zero attached hydrogens (tertiary/aromatic N) is 3. The minimum absolute atomic E-state index is 0.253. The van der Waals surface area contributed by atoms with Gasteiger partial charge in [0.2, 0.25) is 0 Å². The summed E-state index contributed by atoms with van der Waals surface area (Å²) in [6.45, 7) is 7.29. The number of fused-ring (bicyclic) bond motifs is 1. The van der Waals surface area contributed by atoms with Crippen LogP contribution in [0.5, 0.6) is 0 Å². The monoisotopic (exact) mass is 250 g/mol. The van der Waals surface area contributed by atoms with Gasteiger partial charge in [-0.3, -0.25) is 0 Å². The van der Waals surface area contributed by atoms with Crippen LogP contribution in [0.1, 0.15) is 38.1 Å². The van der Waals surface area contributed by atoms with E-state index in [1.807, 2.05) is 0 Å². The second kappa shape index (κ2) is 4.66. The summed E-state index contributed by atoms with van der Waals surface area (Å²) in [5.74, 6) is 0.302. The summed E-state index contributed by atoms with van der Waals surface area (Å²) < 4.78 is 0. The molecule has 1 unspecified atom stereocenters. The molecule has 4 nitrogen and oxygen atoms in total. The van der Waals surface area contributed by atoms with Gasteiger partial charge in [-0.2, -0.15) is 0 Å². The normalized spacial score (nSPS) is 14.1. The van der Waals surface area contributed by atoms with Crippen LogP contribution in [0.4, 0.5) is 0 Å². The first kappa shape index (κ1) is 12.4. The maximum atomic E-state index is 5.86. The third-order valence-corrected chi connectivity index (χ3v) is 3.67. The Balaban J connectivity index is 2.30. The second-order valence-electron chi connectivity index (χ2n) is 5.43. The van der Waals surface area contributed by atoms with Crippen LogP contribution in [0, 0.1) is 5.41 Å². The van der Waals surface area contributed by atoms with Crippen molar-refractivity contribution in [3.63, 3.8) is 0 Å². The maximum Gasteiger partial charge on any atom is 0.189 e. The first-order valence-electron chi connectivity index (χ1n) is 5.77. The molecule has 92 valence electrons. The lowest BCUT2D eigenvalue weighted by atomic mass is 9.85. The molecule has 0 saturated carbocycles. The molecule has 0 amide bonds. The fourth-order valence-electron chi connectivity index (χ4n) is 1.88. The Morgan fingerprint density at radius 2 is 2.00 bits per heavy atom. The van der Waals surface area contributed by atoms with Gasteiger partial charge in [0.15, 0.2) is 10.5 Å². The third kappa shape index (κ3) is 2.98. The molecule has 2 N–H and O–H groups in total. The summed E-state index contributed by atoms with van der Waals surface area (Å²) in [5.41, 5.74) is 6.85. The molecule has 5 heteroatoms. The summed E-state index contributed by atoms with van der Waals surface area (Å²) in [4.78, 5) is 13.9. The molecular weight excluding hydrogens is 232 g/mol. The quantitative estimate of drug-likeness (QED) is 0.909. The fraction of sp³-hybridized carbons (Fsp3) is 0.583. The van der Waals surface area contributed by atoms with Crippen LogP contribution in [0.15, 0.2) is 12.4 Å². The average molecular weight is 250 g/mol. The highest BCUT2D eigenvalue weighted by atomic mass is 32.1. The van der Waals surface area contributed by atoms with Gasteiger partial charge in [0, 0.05) is 24.9 Å². The van der Waals surface area contributed by atoms with Gasteiger partial charge in [0.05, 0.1) is 0 Å². The standard InChI is InChI=1S/C12H18N4S/c1-12(2,3)6-8(7-13)10-16-9-11(17-10)15-5-4-14-9/h4-5,8H,6-7,13H2,1-3H3. The second-order valence-corrected chi connectivity index (χ2v) is 6.44. The number of rotatable bonds is 3. The topological polar surface area (TPSA) is 64.7 Å². The summed E-state index contributed by atoms with van der Waals surface area (Å²) >= 11 is 1.61. The molecule has 2 aromatic rings. The van der Waals surface area contributed by atoms with E-state index in [0.29, 0.717) is 12.5 Å². The molecule has 2 aromatic heterocycles. The van der Waals surface area contributed by atoms with Crippen molar-refractivity contribution in [1.82, 2.24) is 15.0 Å². The molecule has 0 saturated heterocycles. The van der Waals surface area contributed by atoms with Gasteiger partial charge in [-0.15, -0.1) is 0 Å². The smallest absolute Gasteiger partial charge is 0.189 e. The van der Waals surface area contributed by atoms with Crippen LogP contribution in [0.2, 0.25) is 0 Å². The van der Waals surface area contributed by atoms with E-state index in [4.69, 9.17) is 5.73 Å². The number of aromatic nitrogens is 3. The van der Waals surface area contributed by atoms with E-state index in [1.165, 1.54) is 0 Å². The molecular formula is C12H18N4S. The lowest BCUT2D eigenvalue weighted by molar-refractivity contribution is 0.341. The number of hydrogen-bond acceptors (Lipinski definition) is 5. The highest BCUT2D eigenvalue weighted by molar-refractivity contribution is 7.18. The molecule has 0 bridgehead atoms. The highest BCUT2D eigenvalue weighted by Crippen LogP contribution is 2.33. The molecule has 0 aliphatic heterocycles. The Kier molecular flexibility index (Phi) is 3.40. The number of hydrogen-bond donors (Lipinski definition) is 1. The van der Waals surface area contributed by atoms with E-state index >= 15 is 0 Å². The van der Waals surface area contributed by atoms with Crippen LogP contribution in [-0.4, -0.2) is 21.5 Å². The lowest BCUT2D eigenvalue weighted by Crippen LogP contribution is -2.19. The molecule has 0 radical (unpaired) electrons. The Hall–Kier alpha value is -1.07. The average Bonchev–Trinajstić information content (AvgIpc) is 2.67. The molecule has 0 aliphatic carbocycles. The van der Waals surface area contributed by atoms with Crippen molar-refractivity contribution >= 4 is 21.8 Å². The molecule has 0 aliphatic rings. The minimum Gasteiger partial charge on any atom is -0.330 e. The zero-order valence-electron chi connectivity index (χ0n) is 10.5. The van der Waals surface area contributed by atoms with Gasteiger partial charge in [0.25, 0.3) is 0 Å². The van der Waals surface area contributed by atoms with Gasteiger partial charge in [-0.05, 0) is 11.8 Å². The van der Waals surface area contributed by atoms with Crippen LogP contribution >= 0.6 is 11.3 Å². The largest absolute Gasteiger partial charge is 0.330 e. The van der Waals surface area contributed by atoms with Gasteiger partial charge in [-0.25, -0.2) is 15.0 Å². The Morgan fingerprint density at radius 1 is 1.29 bits per heavy atom. The summed E-state index contributed by atoms with van der Waals surface area (Å²) in [6.07, 6.45) is 4.40. The van der Waals surface area contributed by atoms with Gasteiger partial charge in [0.1, 0.15) is 5.01 Å². The summed E-state index contributed by atoms with van der Waals surface area (Å²) in [6, 6.07) is 0. The molecule has 2 rings (SSSR count). The van der Waals surface area contributed by atoms with Crippen LogP contribution in [0.3, 0.4) is 0 Å². The first-order valence-corrected chi connectivity index (χ1v) is 6.59. The zero-order valence-corrected chi connectivity index (χ0v) is 11.3. The van der Waals surface area contributed by atoms with E-state index in [9.17, 15) is 0 Å². The molecule has 0 aromatic carbocycles. The van der Waals surface area contributed by atoms with Crippen molar-refractivity contribution in [3.05, 3.63) is 17.4 Å². The van der Waals surface area contributed by atoms with Crippen LogP contribution in [-0.2, 0) is 0 Å². The van der Waals surface area contributed by atoms with Gasteiger partial charge in [-0.1, -0.05) is 32.1 Å². The van der Waals surface area contributed by atoms with Crippen molar-refractivity contribution < 1.29 is 0 Å². The van der Waals surface area contributed by atoms with Crippen molar-refractivity contribution in [2.24, 2.45) is 11.1 Å². The predicted molar refractivity (Wildman–Crippen MR) is 71.1 cm³/mol. The minimum atomic E-state index is 0.253. The Labute approximate surface area is 105 Å². The SMILES string of the molecule is CC(C)(C)CC(CN)c1nc2nccnc2s1. The van der Waals surface area contributed by atoms with E-state index in [2.05, 4.69) is 35.7 Å². The Morgan fingerprint density at radius 3 is 2.59 bits per heavy atom. The zero-order chi connectivity index (χ0) is 12.5. The van der Waals surface area contributed by atoms with E-state index in [0.717, 1.165) is 21.9 Å². The van der Waals surface area contributed by atoms with Crippen molar-refractivity contribution in [2.45, 2.75) is 33.1 Å². The Bertz CT molecular complexity index is 467. The lowest BCUT2D eigenvalue weighted by Gasteiger charge is -2.23. The number of thiazole rings is 1. The van der Waals surface area contributed by atoms with E-state index < -0.39 is 0 Å². The third-order valence-electron chi connectivity index (χ3n) is 2.56. The predicted octanol–water partition coefficient (Wildman–Crippen LogP) is 2.56. The van der Waals surface area contributed by atoms with Gasteiger partial charge >= 0.3 is 0 Å². The first-order chi connectivity index (χ1) is 7.99. The van der Waals surface area contributed by atoms with Crippen molar-refractivity contribution in [2.75, 3.05) is 6.54 Å². The summed E-state index contributed by atoms with van der Waals surface area (Å²) in [5, 5.41) is 1.06. The number of nitrogens with two attached hydrogens (primary N) is 1. The maximum absolute atomic E-state index is 5.86. The van der Waals surface area contributed by atoms with Gasteiger partial charge < -0.3 is 5.73 Å². The van der Waals surface area contributed by atoms with Crippen molar-refractivity contribution in [3.8, 4) is 0 Å². The molecule has 0 fully saturated rings. The van der Waals surface area contributed by atoms with Crippen molar-refractivity contribution in [1.29, 1.82) is 0 Å². The van der Waals surface area contributed by atoms with Crippen LogP contribution < -0.4 is 5.73 Å². The van der Waals surface area contributed by atoms with E-state index in [-0.39, 0.29) is 5.41 Å². The van der Waals surface area contributed by atoms with E-state index in [1.54, 1.807) is 23.7 Å². The highest BCUT2D eigenvalue weighted by Gasteiger charge is 2.22. The van der Waals surface area contributed by atoms with Crippen LogP contribution in [0.25, 0.3) is 10.5 Å². The molecule has 17 heavy (non-hydrogen) atoms. The molecule has 0 spiro atoms.